The summed E-state index contributed by atoms with van der Waals surface area (Å²) < 4.78 is 7.27. The van der Waals surface area contributed by atoms with Crippen LogP contribution in [0.1, 0.15) is 17.7 Å². The summed E-state index contributed by atoms with van der Waals surface area (Å²) in [5, 5.41) is 4.24. The molecule has 0 spiro atoms. The Balaban J connectivity index is 1.74. The van der Waals surface area contributed by atoms with E-state index in [1.54, 1.807) is 24.1 Å². The number of urea groups is 1. The van der Waals surface area contributed by atoms with Gasteiger partial charge in [0, 0.05) is 54.4 Å². The number of halogens is 2. The van der Waals surface area contributed by atoms with Gasteiger partial charge in [-0.2, -0.15) is 0 Å². The van der Waals surface area contributed by atoms with E-state index in [2.05, 4.69) is 9.88 Å². The molecule has 2 amide bonds. The van der Waals surface area contributed by atoms with Crippen molar-refractivity contribution in [3.05, 3.63) is 88.2 Å². The molecule has 0 fully saturated rings. The van der Waals surface area contributed by atoms with Crippen molar-refractivity contribution in [2.45, 2.75) is 19.5 Å². The Kier molecular flexibility index (Phi) is 8.20. The van der Waals surface area contributed by atoms with Crippen LogP contribution in [0.15, 0.2) is 66.9 Å². The smallest absolute Gasteiger partial charge is 0.322 e. The number of hydrogen-bond donors (Lipinski definition) is 1. The number of amides is 2. The largest absolute Gasteiger partial charge is 0.385 e. The summed E-state index contributed by atoms with van der Waals surface area (Å²) in [6.07, 6.45) is 2.74. The lowest BCUT2D eigenvalue weighted by Gasteiger charge is -2.24. The first kappa shape index (κ1) is 22.2. The number of hydrogen-bond acceptors (Lipinski definition) is 2. The van der Waals surface area contributed by atoms with E-state index in [0.29, 0.717) is 37.0 Å². The summed E-state index contributed by atoms with van der Waals surface area (Å²) in [5.41, 5.74) is 2.72. The molecule has 1 heterocycles. The third kappa shape index (κ3) is 6.26. The van der Waals surface area contributed by atoms with E-state index in [-0.39, 0.29) is 6.03 Å². The molecule has 3 aromatic rings. The van der Waals surface area contributed by atoms with E-state index >= 15 is 0 Å². The average Bonchev–Trinajstić information content (AvgIpc) is 3.16. The normalized spacial score (nSPS) is 10.8. The summed E-state index contributed by atoms with van der Waals surface area (Å²) in [4.78, 5) is 14.7. The lowest BCUT2D eigenvalue weighted by Crippen LogP contribution is -2.36. The van der Waals surface area contributed by atoms with Crippen LogP contribution in [0.5, 0.6) is 0 Å². The zero-order valence-corrected chi connectivity index (χ0v) is 18.4. The molecule has 0 saturated carbocycles. The van der Waals surface area contributed by atoms with Gasteiger partial charge in [-0.25, -0.2) is 4.79 Å². The highest BCUT2D eigenvalue weighted by molar-refractivity contribution is 6.31. The molecule has 7 heteroatoms. The Morgan fingerprint density at radius 3 is 2.70 bits per heavy atom. The van der Waals surface area contributed by atoms with Gasteiger partial charge in [0.2, 0.25) is 0 Å². The van der Waals surface area contributed by atoms with Crippen LogP contribution in [-0.2, 0) is 17.8 Å². The third-order valence-corrected chi connectivity index (χ3v) is 5.32. The second-order valence-corrected chi connectivity index (χ2v) is 7.77. The predicted molar refractivity (Wildman–Crippen MR) is 122 cm³/mol. The minimum atomic E-state index is -0.182. The molecule has 30 heavy (non-hydrogen) atoms. The first-order valence-electron chi connectivity index (χ1n) is 9.74. The van der Waals surface area contributed by atoms with Crippen LogP contribution in [0.25, 0.3) is 0 Å². The molecule has 1 aromatic heterocycles. The molecular formula is C23H25Cl2N3O2. The molecule has 0 unspecified atom stereocenters. The van der Waals surface area contributed by atoms with Crippen molar-refractivity contribution in [2.75, 3.05) is 25.6 Å². The molecule has 158 valence electrons. The van der Waals surface area contributed by atoms with Gasteiger partial charge >= 0.3 is 6.03 Å². The van der Waals surface area contributed by atoms with Crippen molar-refractivity contribution in [1.82, 2.24) is 9.47 Å². The van der Waals surface area contributed by atoms with Gasteiger partial charge in [-0.3, -0.25) is 0 Å². The van der Waals surface area contributed by atoms with Crippen LogP contribution in [0.4, 0.5) is 10.5 Å². The summed E-state index contributed by atoms with van der Waals surface area (Å²) in [6.45, 7) is 2.26. The fourth-order valence-electron chi connectivity index (χ4n) is 3.17. The van der Waals surface area contributed by atoms with Crippen molar-refractivity contribution in [1.29, 1.82) is 0 Å². The number of ether oxygens (including phenoxy) is 1. The second kappa shape index (κ2) is 11.1. The number of methoxy groups -OCH3 is 1. The van der Waals surface area contributed by atoms with E-state index in [4.69, 9.17) is 27.9 Å². The fraction of sp³-hybridized carbons (Fsp3) is 0.261. The number of rotatable bonds is 9. The van der Waals surface area contributed by atoms with E-state index in [9.17, 15) is 4.79 Å². The maximum Gasteiger partial charge on any atom is 0.322 e. The first-order valence-corrected chi connectivity index (χ1v) is 10.5. The quantitative estimate of drug-likeness (QED) is 0.415. The molecule has 0 bridgehead atoms. The van der Waals surface area contributed by atoms with Gasteiger partial charge in [-0.15, -0.1) is 0 Å². The lowest BCUT2D eigenvalue weighted by molar-refractivity contribution is 0.171. The molecule has 0 aliphatic carbocycles. The van der Waals surface area contributed by atoms with Gasteiger partial charge in [0.1, 0.15) is 0 Å². The number of nitrogens with one attached hydrogen (secondary N) is 1. The number of carbonyl (C=O) groups is 1. The van der Waals surface area contributed by atoms with Gasteiger partial charge in [-0.05, 0) is 48.4 Å². The number of benzene rings is 2. The Hall–Kier alpha value is -2.47. The summed E-state index contributed by atoms with van der Waals surface area (Å²) in [7, 11) is 1.66. The van der Waals surface area contributed by atoms with Crippen molar-refractivity contribution in [3.63, 3.8) is 0 Å². The number of aromatic nitrogens is 1. The van der Waals surface area contributed by atoms with Gasteiger partial charge in [-0.1, -0.05) is 47.5 Å². The van der Waals surface area contributed by atoms with E-state index in [0.717, 1.165) is 22.7 Å². The van der Waals surface area contributed by atoms with Gasteiger partial charge in [0.25, 0.3) is 0 Å². The van der Waals surface area contributed by atoms with Crippen molar-refractivity contribution >= 4 is 34.9 Å². The van der Waals surface area contributed by atoms with E-state index < -0.39 is 0 Å². The molecular weight excluding hydrogens is 421 g/mol. The molecule has 0 saturated heterocycles. The molecule has 0 atom stereocenters. The van der Waals surface area contributed by atoms with Crippen LogP contribution in [0, 0.1) is 0 Å². The topological polar surface area (TPSA) is 46.5 Å². The predicted octanol–water partition coefficient (Wildman–Crippen LogP) is 5.91. The fourth-order valence-corrected chi connectivity index (χ4v) is 3.56. The molecule has 0 radical (unpaired) electrons. The summed E-state index contributed by atoms with van der Waals surface area (Å²) in [6, 6.07) is 18.7. The van der Waals surface area contributed by atoms with Gasteiger partial charge in [0.15, 0.2) is 0 Å². The zero-order chi connectivity index (χ0) is 21.3. The van der Waals surface area contributed by atoms with Crippen molar-refractivity contribution in [2.24, 2.45) is 0 Å². The molecule has 3 rings (SSSR count). The number of carbonyl (C=O) groups excluding carboxylic acids is 1. The maximum atomic E-state index is 13.0. The minimum Gasteiger partial charge on any atom is -0.385 e. The van der Waals surface area contributed by atoms with Crippen LogP contribution in [0.3, 0.4) is 0 Å². The lowest BCUT2D eigenvalue weighted by atomic mass is 10.2. The molecule has 0 aliphatic heterocycles. The van der Waals surface area contributed by atoms with Crippen LogP contribution in [0.2, 0.25) is 10.0 Å². The highest BCUT2D eigenvalue weighted by Gasteiger charge is 2.16. The Morgan fingerprint density at radius 1 is 1.10 bits per heavy atom. The first-order chi connectivity index (χ1) is 14.6. The second-order valence-electron chi connectivity index (χ2n) is 6.93. The molecule has 2 aromatic carbocycles. The van der Waals surface area contributed by atoms with E-state index in [1.807, 2.05) is 54.7 Å². The highest BCUT2D eigenvalue weighted by Crippen LogP contribution is 2.19. The number of anilines is 1. The third-order valence-electron chi connectivity index (χ3n) is 4.71. The Bertz CT molecular complexity index is 974. The average molecular weight is 446 g/mol. The zero-order valence-electron chi connectivity index (χ0n) is 16.9. The van der Waals surface area contributed by atoms with Crippen molar-refractivity contribution < 1.29 is 9.53 Å². The monoisotopic (exact) mass is 445 g/mol. The Labute approximate surface area is 187 Å². The molecule has 5 nitrogen and oxygen atoms in total. The molecule has 0 aliphatic rings. The SMILES string of the molecule is COCCCN(Cc1cccn1Cc1ccccc1Cl)C(=O)Nc1cccc(Cl)c1. The maximum absolute atomic E-state index is 13.0. The standard InChI is InChI=1S/C23H25Cl2N3O2/c1-30-14-6-13-28(23(29)26-20-9-4-8-19(24)15-20)17-21-10-5-12-27(21)16-18-7-2-3-11-22(18)25/h2-5,7-12,15H,6,13-14,16-17H2,1H3,(H,26,29). The summed E-state index contributed by atoms with van der Waals surface area (Å²) >= 11 is 12.4. The van der Waals surface area contributed by atoms with Crippen LogP contribution >= 0.6 is 23.2 Å². The van der Waals surface area contributed by atoms with Crippen LogP contribution in [-0.4, -0.2) is 35.8 Å². The number of nitrogens with zero attached hydrogens (tertiary/aromatic N) is 2. The van der Waals surface area contributed by atoms with E-state index in [1.165, 1.54) is 0 Å². The molecule has 1 N–H and O–H groups in total. The van der Waals surface area contributed by atoms with Crippen molar-refractivity contribution in [3.8, 4) is 0 Å². The Morgan fingerprint density at radius 2 is 1.93 bits per heavy atom. The highest BCUT2D eigenvalue weighted by atomic mass is 35.5. The van der Waals surface area contributed by atoms with Gasteiger partial charge < -0.3 is 19.5 Å². The van der Waals surface area contributed by atoms with Crippen LogP contribution < -0.4 is 5.32 Å². The van der Waals surface area contributed by atoms with Gasteiger partial charge in [0.05, 0.1) is 6.54 Å². The summed E-state index contributed by atoms with van der Waals surface area (Å²) in [5.74, 6) is 0. The minimum absolute atomic E-state index is 0.182.